The van der Waals surface area contributed by atoms with Crippen molar-refractivity contribution in [1.82, 2.24) is 35.1 Å². The fourth-order valence-electron chi connectivity index (χ4n) is 9.48. The molecule has 2 aliphatic heterocycles. The lowest BCUT2D eigenvalue weighted by atomic mass is 10.00. The lowest BCUT2D eigenvalue weighted by Crippen LogP contribution is -2.49. The van der Waals surface area contributed by atoms with E-state index in [1.807, 2.05) is 53.4 Å². The van der Waals surface area contributed by atoms with Gasteiger partial charge in [0.2, 0.25) is 5.82 Å². The number of aromatic nitrogens is 4. The zero-order valence-corrected chi connectivity index (χ0v) is 54.5. The smallest absolute Gasteiger partial charge is 0.558 e. The molecule has 3 aromatic rings. The Kier molecular flexibility index (Phi) is 41.9. The van der Waals surface area contributed by atoms with Crippen molar-refractivity contribution < 1.29 is 92.3 Å². The highest BCUT2D eigenvalue weighted by Gasteiger charge is 2.43. The van der Waals surface area contributed by atoms with Gasteiger partial charge in [-0.25, -0.2) is 0 Å². The number of ketones is 2. The number of hydrogen-bond donors (Lipinski definition) is 1. The molecule has 2 bridgehead atoms. The average Bonchev–Trinajstić information content (AvgIpc) is 2.29. The molecule has 1 N–H and O–H groups in total. The summed E-state index contributed by atoms with van der Waals surface area (Å²) in [5.41, 5.74) is 3.91. The number of halogens is 1. The summed E-state index contributed by atoms with van der Waals surface area (Å²) in [6.45, 7) is 11.4. The van der Waals surface area contributed by atoms with Crippen LogP contribution in [0.5, 0.6) is 0 Å². The third kappa shape index (κ3) is 38.2. The molecule has 29 heteroatoms. The van der Waals surface area contributed by atoms with Gasteiger partial charge in [-0.05, 0) is 60.1 Å². The van der Waals surface area contributed by atoms with Crippen LogP contribution in [-0.2, 0) is 103 Å². The normalized spacial score (nSPS) is 16.6. The Morgan fingerprint density at radius 2 is 0.945 bits per heavy atom. The first-order valence-electron chi connectivity index (χ1n) is 31.5. The summed E-state index contributed by atoms with van der Waals surface area (Å²) in [5, 5.41) is 25.0. The van der Waals surface area contributed by atoms with Gasteiger partial charge in [-0.2, -0.15) is 0 Å². The van der Waals surface area contributed by atoms with Crippen molar-refractivity contribution >= 4 is 61.8 Å². The third-order valence-electron chi connectivity index (χ3n) is 14.2. The number of aryl methyl sites for hydroxylation is 1. The first-order valence-corrected chi connectivity index (χ1v) is 33.3. The van der Waals surface area contributed by atoms with Gasteiger partial charge < -0.3 is 68.3 Å². The van der Waals surface area contributed by atoms with Crippen molar-refractivity contribution in [3.8, 4) is 11.4 Å². The van der Waals surface area contributed by atoms with E-state index < -0.39 is 33.2 Å². The second-order valence-electron chi connectivity index (χ2n) is 21.5. The van der Waals surface area contributed by atoms with E-state index in [1.54, 1.807) is 9.80 Å². The lowest BCUT2D eigenvalue weighted by molar-refractivity contribution is -0.144. The highest BCUT2D eigenvalue weighted by Crippen LogP contribution is 2.18. The number of aliphatic carboxylic acids is 1. The number of carboxylic acids is 1. The van der Waals surface area contributed by atoms with E-state index in [1.165, 1.54) is 6.33 Å². The molecule has 3 unspecified atom stereocenters. The van der Waals surface area contributed by atoms with Crippen LogP contribution in [0.25, 0.3) is 11.4 Å². The second-order valence-corrected chi connectivity index (χ2v) is 23.1. The molecule has 2 aromatic carbocycles. The molecule has 0 aliphatic carbocycles. The molecular formula is C62H93AlFN7O19S. The van der Waals surface area contributed by atoms with Gasteiger partial charge in [0, 0.05) is 89.6 Å². The number of ether oxygens (including phenoxy) is 11. The van der Waals surface area contributed by atoms with Crippen molar-refractivity contribution in [2.24, 2.45) is 0 Å². The molecule has 91 heavy (non-hydrogen) atoms. The van der Waals surface area contributed by atoms with E-state index in [-0.39, 0.29) is 37.2 Å². The SMILES string of the molecule is O=C(O)CN1CCN2CCN(CC(=O)[O][Al]([18F])[O]C(=O)C2)C(Cc2ccc(CC(=S)CCCOCCOCCOCCOCCOCCOCCOCCOCCOCCOCCOCCCC(=O)CCCC(=O)CCc3ccc(-c4nncnn4)cc3)cc2)C1. The summed E-state index contributed by atoms with van der Waals surface area (Å²) < 4.78 is 85.2. The summed E-state index contributed by atoms with van der Waals surface area (Å²) in [7, 11) is 0. The Bertz CT molecular complexity index is 2470. The van der Waals surface area contributed by atoms with Crippen LogP contribution < -0.4 is 0 Å². The number of thiocarbonyl (C=S) groups is 1. The Balaban J connectivity index is 0.700. The van der Waals surface area contributed by atoms with Gasteiger partial charge in [-0.15, -0.1) is 20.4 Å². The van der Waals surface area contributed by atoms with E-state index in [4.69, 9.17) is 71.9 Å². The zero-order valence-electron chi connectivity index (χ0n) is 52.6. The molecule has 5 rings (SSSR count). The van der Waals surface area contributed by atoms with Gasteiger partial charge in [0.05, 0.1) is 152 Å². The van der Waals surface area contributed by atoms with E-state index in [0.29, 0.717) is 242 Å². The molecule has 0 radical (unpaired) electrons. The number of carboxylic acid groups (broad SMARTS) is 1. The average molecular weight is 1320 g/mol. The number of carbonyl (C=O) groups is 5. The van der Waals surface area contributed by atoms with Crippen LogP contribution >= 0.6 is 12.2 Å². The maximum Gasteiger partial charge on any atom is 1.15 e. The van der Waals surface area contributed by atoms with Gasteiger partial charge in [-0.3, -0.25) is 38.7 Å². The number of carbonyl (C=O) groups excluding carboxylic acids is 4. The largest absolute Gasteiger partial charge is 1.15 e. The molecule has 26 nitrogen and oxygen atoms in total. The third-order valence-corrected chi connectivity index (χ3v) is 15.5. The molecule has 2 saturated heterocycles. The quantitative estimate of drug-likeness (QED) is 0.0481. The zero-order chi connectivity index (χ0) is 64.6. The number of hydrogen-bond acceptors (Lipinski definition) is 26. The van der Waals surface area contributed by atoms with Gasteiger partial charge in [0.1, 0.15) is 11.6 Å². The molecule has 0 amide bonds. The van der Waals surface area contributed by atoms with Crippen LogP contribution in [0.2, 0.25) is 0 Å². The standard InChI is InChI=1S/C62H95N7O19S.Al.FH/c70-56(4-1-5-57(71)17-14-51-12-15-54(16-13-51)62-65-63-50-64-66-62)6-2-22-78-24-26-80-28-30-82-32-34-84-36-38-86-40-42-88-43-41-87-39-37-85-35-33-83-31-29-81-27-25-79-23-3-7-58(89)45-53-10-8-52(9-11-53)44-55-46-68(48-60(74)75)19-18-67(47-59(72)73)20-21-69(55)49-61(76)77;;/h8-13,15-16,50,55H,1-7,14,17-49H2,(H,72,73)(H,74,75)(H,76,77);;1H/q;+3;/p-3/i;;1-1. The summed E-state index contributed by atoms with van der Waals surface area (Å²) in [6.07, 6.45) is 7.48. The molecule has 2 fully saturated rings. The fourth-order valence-corrected chi connectivity index (χ4v) is 10.4. The van der Waals surface area contributed by atoms with Crippen molar-refractivity contribution in [2.75, 3.05) is 198 Å². The monoisotopic (exact) mass is 1320 g/mol. The number of benzene rings is 2. The van der Waals surface area contributed by atoms with Gasteiger partial charge in [0.15, 0.2) is 6.33 Å². The summed E-state index contributed by atoms with van der Waals surface area (Å²) in [4.78, 5) is 67.7. The molecule has 3 atom stereocenters. The molecule has 1 aromatic heterocycles. The molecule has 2 aliphatic rings. The summed E-state index contributed by atoms with van der Waals surface area (Å²) in [6, 6.07) is 15.5. The molecule has 506 valence electrons. The molecule has 0 saturated carbocycles. The predicted molar refractivity (Wildman–Crippen MR) is 334 cm³/mol. The van der Waals surface area contributed by atoms with Crippen LogP contribution in [0, 0.1) is 0 Å². The number of rotatable bonds is 52. The highest BCUT2D eigenvalue weighted by molar-refractivity contribution is 7.80. The summed E-state index contributed by atoms with van der Waals surface area (Å²) >= 11 is 1.70. The number of Topliss-reactive ketones (excluding diaryl/α,β-unsaturated/α-hetero) is 2. The maximum atomic E-state index is 14.3. The molecule has 3 heterocycles. The highest BCUT2D eigenvalue weighted by atomic mass is 32.1. The van der Waals surface area contributed by atoms with Crippen molar-refractivity contribution in [2.45, 2.75) is 76.7 Å². The molecular weight excluding hydrogens is 1220 g/mol. The van der Waals surface area contributed by atoms with E-state index >= 15 is 0 Å². The van der Waals surface area contributed by atoms with E-state index in [2.05, 4.69) is 20.4 Å². The van der Waals surface area contributed by atoms with Gasteiger partial charge >= 0.3 is 21.2 Å². The second kappa shape index (κ2) is 49.7. The predicted octanol–water partition coefficient (Wildman–Crippen LogP) is 3.50. The van der Waals surface area contributed by atoms with Gasteiger partial charge in [0.25, 0.3) is 11.9 Å². The van der Waals surface area contributed by atoms with Crippen molar-refractivity contribution in [3.63, 3.8) is 0 Å². The van der Waals surface area contributed by atoms with Crippen LogP contribution in [0.4, 0.5) is 3.52 Å². The summed E-state index contributed by atoms with van der Waals surface area (Å²) in [5.74, 6) is -1.85. The fraction of sp³-hybridized carbons (Fsp3) is 0.677. The lowest BCUT2D eigenvalue weighted by Gasteiger charge is -2.33. The van der Waals surface area contributed by atoms with Crippen LogP contribution in [-0.4, -0.2) is 294 Å². The van der Waals surface area contributed by atoms with Crippen molar-refractivity contribution in [1.29, 1.82) is 0 Å². The number of fused-ring (bicyclic) bond motifs is 3. The maximum absolute atomic E-state index is 14.3. The number of nitrogens with zero attached hydrogens (tertiary/aromatic N) is 7. The topological polar surface area (TPSA) is 287 Å². The minimum Gasteiger partial charge on any atom is -0.558 e. The van der Waals surface area contributed by atoms with E-state index in [0.717, 1.165) is 40.0 Å². The van der Waals surface area contributed by atoms with Gasteiger partial charge in [-0.1, -0.05) is 60.7 Å². The van der Waals surface area contributed by atoms with Crippen LogP contribution in [0.15, 0.2) is 54.9 Å². The van der Waals surface area contributed by atoms with Crippen LogP contribution in [0.3, 0.4) is 0 Å². The molecule has 0 spiro atoms. The first-order chi connectivity index (χ1) is 44.5. The van der Waals surface area contributed by atoms with Crippen LogP contribution in [0.1, 0.15) is 68.1 Å². The Morgan fingerprint density at radius 1 is 0.527 bits per heavy atom. The first kappa shape index (κ1) is 76.8. The van der Waals surface area contributed by atoms with E-state index in [9.17, 15) is 32.6 Å². The Labute approximate surface area is 544 Å². The Hall–Kier alpha value is -4.88. The van der Waals surface area contributed by atoms with Crippen molar-refractivity contribution in [3.05, 3.63) is 71.5 Å². The Morgan fingerprint density at radius 3 is 1.44 bits per heavy atom. The minimum absolute atomic E-state index is 0.146. The minimum atomic E-state index is -3.98.